The molecule has 0 spiro atoms. The van der Waals surface area contributed by atoms with Gasteiger partial charge in [0.2, 0.25) is 10.0 Å². The van der Waals surface area contributed by atoms with E-state index >= 15 is 0 Å². The number of nitrogens with zero attached hydrogens (tertiary/aromatic N) is 1. The van der Waals surface area contributed by atoms with E-state index in [4.69, 9.17) is 5.73 Å². The zero-order chi connectivity index (χ0) is 14.1. The molecule has 0 aliphatic rings. The van der Waals surface area contributed by atoms with Crippen molar-refractivity contribution in [2.24, 2.45) is 0 Å². The predicted molar refractivity (Wildman–Crippen MR) is 61.5 cm³/mol. The van der Waals surface area contributed by atoms with Gasteiger partial charge < -0.3 is 5.73 Å². The fraction of sp³-hybridized carbons (Fsp3) is 0.400. The number of benzene rings is 1. The highest BCUT2D eigenvalue weighted by Gasteiger charge is 2.35. The molecule has 1 aromatic carbocycles. The van der Waals surface area contributed by atoms with E-state index < -0.39 is 22.7 Å². The molecule has 2 N–H and O–H groups in total. The number of aryl methyl sites for hydroxylation is 1. The third-order valence-electron chi connectivity index (χ3n) is 2.31. The van der Waals surface area contributed by atoms with Crippen molar-refractivity contribution in [3.8, 4) is 0 Å². The Labute approximate surface area is 103 Å². The molecule has 0 fully saturated rings. The van der Waals surface area contributed by atoms with Crippen LogP contribution >= 0.6 is 0 Å². The molecule has 0 aliphatic carbocycles. The van der Waals surface area contributed by atoms with Crippen LogP contribution in [0.5, 0.6) is 0 Å². The normalized spacial score (nSPS) is 13.0. The number of alkyl halides is 3. The zero-order valence-electron chi connectivity index (χ0n) is 9.82. The molecule has 4 nitrogen and oxygen atoms in total. The van der Waals surface area contributed by atoms with Gasteiger partial charge in [0.1, 0.15) is 11.4 Å². The summed E-state index contributed by atoms with van der Waals surface area (Å²) >= 11 is 0. The average Bonchev–Trinajstić information content (AvgIpc) is 2.13. The minimum Gasteiger partial charge on any atom is -0.398 e. The minimum absolute atomic E-state index is 0.0657. The van der Waals surface area contributed by atoms with Crippen LogP contribution in [0.1, 0.15) is 5.56 Å². The highest BCUT2D eigenvalue weighted by atomic mass is 32.2. The van der Waals surface area contributed by atoms with Gasteiger partial charge >= 0.3 is 6.18 Å². The molecule has 0 aliphatic heterocycles. The van der Waals surface area contributed by atoms with E-state index in [1.165, 1.54) is 25.1 Å². The molecule has 102 valence electrons. The molecule has 0 unspecified atom stereocenters. The number of hydrogen-bond acceptors (Lipinski definition) is 3. The van der Waals surface area contributed by atoms with Gasteiger partial charge in [0, 0.05) is 7.05 Å². The lowest BCUT2D eigenvalue weighted by Crippen LogP contribution is -2.36. The lowest BCUT2D eigenvalue weighted by atomic mass is 10.2. The van der Waals surface area contributed by atoms with E-state index in [1.54, 1.807) is 0 Å². The summed E-state index contributed by atoms with van der Waals surface area (Å²) in [5.41, 5.74) is 5.77. The second kappa shape index (κ2) is 4.77. The van der Waals surface area contributed by atoms with Crippen molar-refractivity contribution >= 4 is 15.7 Å². The number of anilines is 1. The number of nitrogen functional groups attached to an aromatic ring is 1. The third kappa shape index (κ3) is 3.14. The van der Waals surface area contributed by atoms with Gasteiger partial charge in [-0.05, 0) is 18.6 Å². The summed E-state index contributed by atoms with van der Waals surface area (Å²) in [5, 5.41) is 0. The molecule has 1 aromatic rings. The Bertz CT molecular complexity index is 520. The zero-order valence-corrected chi connectivity index (χ0v) is 10.6. The Kier molecular flexibility index (Phi) is 3.92. The van der Waals surface area contributed by atoms with Crippen molar-refractivity contribution in [3.63, 3.8) is 0 Å². The van der Waals surface area contributed by atoms with Crippen molar-refractivity contribution in [2.45, 2.75) is 18.0 Å². The molecule has 18 heavy (non-hydrogen) atoms. The lowest BCUT2D eigenvalue weighted by molar-refractivity contribution is -0.134. The van der Waals surface area contributed by atoms with Gasteiger partial charge in [-0.3, -0.25) is 0 Å². The summed E-state index contributed by atoms with van der Waals surface area (Å²) in [5.74, 6) is 0. The second-order valence-electron chi connectivity index (χ2n) is 3.87. The van der Waals surface area contributed by atoms with E-state index in [-0.39, 0.29) is 14.9 Å². The molecule has 0 atom stereocenters. The largest absolute Gasteiger partial charge is 0.402 e. The van der Waals surface area contributed by atoms with Gasteiger partial charge in [-0.1, -0.05) is 12.1 Å². The molecule has 0 radical (unpaired) electrons. The van der Waals surface area contributed by atoms with E-state index in [9.17, 15) is 21.6 Å². The van der Waals surface area contributed by atoms with Crippen molar-refractivity contribution in [1.29, 1.82) is 0 Å². The predicted octanol–water partition coefficient (Wildman–Crippen LogP) is 1.76. The molecule has 1 rings (SSSR count). The average molecular weight is 282 g/mol. The summed E-state index contributed by atoms with van der Waals surface area (Å²) in [6.45, 7) is -0.0756. The topological polar surface area (TPSA) is 63.4 Å². The highest BCUT2D eigenvalue weighted by molar-refractivity contribution is 7.89. The minimum atomic E-state index is -4.60. The summed E-state index contributed by atoms with van der Waals surface area (Å²) in [6.07, 6.45) is -4.60. The van der Waals surface area contributed by atoms with Crippen LogP contribution in [0.15, 0.2) is 23.1 Å². The maximum absolute atomic E-state index is 12.2. The fourth-order valence-corrected chi connectivity index (χ4v) is 2.99. The van der Waals surface area contributed by atoms with E-state index in [2.05, 4.69) is 0 Å². The number of sulfonamides is 1. The number of rotatable bonds is 3. The van der Waals surface area contributed by atoms with Gasteiger partial charge in [0.15, 0.2) is 0 Å². The molecule has 0 heterocycles. The molecular weight excluding hydrogens is 269 g/mol. The summed E-state index contributed by atoms with van der Waals surface area (Å²) in [7, 11) is -3.38. The van der Waals surface area contributed by atoms with Crippen LogP contribution in [-0.4, -0.2) is 32.5 Å². The first-order valence-corrected chi connectivity index (χ1v) is 6.38. The van der Waals surface area contributed by atoms with Gasteiger partial charge in [0.05, 0.1) is 5.69 Å². The standard InChI is InChI=1S/C10H13F3N2O2S/c1-7-4-3-5-8(14)9(7)18(16,17)15(2)6-10(11,12)13/h3-5H,6,14H2,1-2H3. The molecule has 0 aromatic heterocycles. The Morgan fingerprint density at radius 2 is 1.89 bits per heavy atom. The first-order valence-electron chi connectivity index (χ1n) is 4.94. The number of nitrogens with two attached hydrogens (primary N) is 1. The molecule has 0 bridgehead atoms. The molecule has 0 saturated heterocycles. The van der Waals surface area contributed by atoms with Gasteiger partial charge in [0.25, 0.3) is 0 Å². The Morgan fingerprint density at radius 3 is 2.33 bits per heavy atom. The van der Waals surface area contributed by atoms with Crippen molar-refractivity contribution in [1.82, 2.24) is 4.31 Å². The van der Waals surface area contributed by atoms with Crippen LogP contribution in [0, 0.1) is 6.92 Å². The van der Waals surface area contributed by atoms with Crippen LogP contribution in [0.25, 0.3) is 0 Å². The second-order valence-corrected chi connectivity index (χ2v) is 5.85. The quantitative estimate of drug-likeness (QED) is 0.859. The summed E-state index contributed by atoms with van der Waals surface area (Å²) in [4.78, 5) is -0.281. The Hall–Kier alpha value is -1.28. The maximum Gasteiger partial charge on any atom is 0.402 e. The Balaban J connectivity index is 3.22. The fourth-order valence-electron chi connectivity index (χ4n) is 1.52. The van der Waals surface area contributed by atoms with E-state index in [0.29, 0.717) is 5.56 Å². The molecule has 0 saturated carbocycles. The number of hydrogen-bond donors (Lipinski definition) is 1. The van der Waals surface area contributed by atoms with Gasteiger partial charge in [-0.2, -0.15) is 17.5 Å². The third-order valence-corrected chi connectivity index (χ3v) is 4.34. The van der Waals surface area contributed by atoms with Crippen LogP contribution in [-0.2, 0) is 10.0 Å². The summed E-state index contributed by atoms with van der Waals surface area (Å²) < 4.78 is 60.9. The van der Waals surface area contributed by atoms with Crippen LogP contribution in [0.4, 0.5) is 18.9 Å². The maximum atomic E-state index is 12.2. The molecule has 0 amide bonds. The van der Waals surface area contributed by atoms with Gasteiger partial charge in [-0.15, -0.1) is 0 Å². The lowest BCUT2D eigenvalue weighted by Gasteiger charge is -2.20. The van der Waals surface area contributed by atoms with Crippen molar-refractivity contribution in [3.05, 3.63) is 23.8 Å². The van der Waals surface area contributed by atoms with Crippen LogP contribution < -0.4 is 5.73 Å². The van der Waals surface area contributed by atoms with E-state index in [0.717, 1.165) is 7.05 Å². The number of halogens is 3. The first kappa shape index (κ1) is 14.8. The molecular formula is C10H13F3N2O2S. The van der Waals surface area contributed by atoms with Crippen LogP contribution in [0.2, 0.25) is 0 Å². The van der Waals surface area contributed by atoms with Crippen LogP contribution in [0.3, 0.4) is 0 Å². The Morgan fingerprint density at radius 1 is 1.33 bits per heavy atom. The van der Waals surface area contributed by atoms with Gasteiger partial charge in [-0.25, -0.2) is 8.42 Å². The summed E-state index contributed by atoms with van der Waals surface area (Å²) in [6, 6.07) is 4.35. The van der Waals surface area contributed by atoms with E-state index in [1.807, 2.05) is 0 Å². The SMILES string of the molecule is Cc1cccc(N)c1S(=O)(=O)N(C)CC(F)(F)F. The first-order chi connectivity index (χ1) is 8.05. The molecule has 8 heteroatoms. The van der Waals surface area contributed by atoms with Crippen molar-refractivity contribution in [2.75, 3.05) is 19.3 Å². The highest BCUT2D eigenvalue weighted by Crippen LogP contribution is 2.27. The monoisotopic (exact) mass is 282 g/mol. The smallest absolute Gasteiger partial charge is 0.398 e. The van der Waals surface area contributed by atoms with Crippen molar-refractivity contribution < 1.29 is 21.6 Å².